The number of rotatable bonds is 6. The maximum Gasteiger partial charge on any atom is 0.222 e. The van der Waals surface area contributed by atoms with Gasteiger partial charge in [0, 0.05) is 13.5 Å². The predicted octanol–water partition coefficient (Wildman–Crippen LogP) is 0.873. The first-order valence-corrected chi connectivity index (χ1v) is 5.22. The van der Waals surface area contributed by atoms with Crippen molar-refractivity contribution in [3.63, 3.8) is 0 Å². The molecule has 0 bridgehead atoms. The largest absolute Gasteiger partial charge is 0.394 e. The van der Waals surface area contributed by atoms with Crippen LogP contribution in [0.1, 0.15) is 18.0 Å². The molecule has 0 saturated heterocycles. The Labute approximate surface area is 95.2 Å². The lowest BCUT2D eigenvalue weighted by molar-refractivity contribution is -0.123. The minimum Gasteiger partial charge on any atom is -0.394 e. The molecule has 0 aliphatic carbocycles. The molecule has 1 atom stereocenters. The van der Waals surface area contributed by atoms with Crippen LogP contribution in [0.2, 0.25) is 0 Å². The van der Waals surface area contributed by atoms with Crippen LogP contribution in [0.15, 0.2) is 30.3 Å². The Kier molecular flexibility index (Phi) is 5.53. The molecule has 0 aliphatic rings. The number of carbonyl (C=O) groups excluding carboxylic acids is 1. The second-order valence-electron chi connectivity index (χ2n) is 3.46. The summed E-state index contributed by atoms with van der Waals surface area (Å²) in [6, 6.07) is 9.05. The molecule has 0 heterocycles. The lowest BCUT2D eigenvalue weighted by atomic mass is 10.1. The number of hydrogen-bond acceptors (Lipinski definition) is 3. The average Bonchev–Trinajstić information content (AvgIpc) is 2.34. The van der Waals surface area contributed by atoms with E-state index in [1.165, 1.54) is 0 Å². The van der Waals surface area contributed by atoms with E-state index in [1.54, 1.807) is 7.11 Å². The van der Waals surface area contributed by atoms with E-state index in [-0.39, 0.29) is 18.6 Å². The number of methoxy groups -OCH3 is 1. The first-order valence-electron chi connectivity index (χ1n) is 5.22. The van der Waals surface area contributed by atoms with Gasteiger partial charge in [0.05, 0.1) is 19.3 Å². The summed E-state index contributed by atoms with van der Waals surface area (Å²) in [5.41, 5.74) is 0.899. The van der Waals surface area contributed by atoms with Crippen molar-refractivity contribution in [1.29, 1.82) is 0 Å². The van der Waals surface area contributed by atoms with Crippen LogP contribution in [-0.2, 0) is 9.53 Å². The number of aliphatic hydroxyl groups is 1. The normalized spacial score (nSPS) is 12.1. The molecule has 88 valence electrons. The van der Waals surface area contributed by atoms with Gasteiger partial charge in [0.15, 0.2) is 0 Å². The van der Waals surface area contributed by atoms with Crippen molar-refractivity contribution in [3.05, 3.63) is 35.9 Å². The van der Waals surface area contributed by atoms with Gasteiger partial charge in [0.1, 0.15) is 0 Å². The molecule has 4 nitrogen and oxygen atoms in total. The molecule has 0 spiro atoms. The van der Waals surface area contributed by atoms with Crippen molar-refractivity contribution in [2.45, 2.75) is 12.5 Å². The quantitative estimate of drug-likeness (QED) is 0.752. The van der Waals surface area contributed by atoms with Gasteiger partial charge in [-0.15, -0.1) is 0 Å². The van der Waals surface area contributed by atoms with Gasteiger partial charge in [-0.3, -0.25) is 4.79 Å². The van der Waals surface area contributed by atoms with Crippen LogP contribution < -0.4 is 5.32 Å². The maximum absolute atomic E-state index is 11.4. The summed E-state index contributed by atoms with van der Waals surface area (Å²) < 4.78 is 4.81. The van der Waals surface area contributed by atoms with Gasteiger partial charge >= 0.3 is 0 Å². The molecule has 4 heteroatoms. The second kappa shape index (κ2) is 6.98. The van der Waals surface area contributed by atoms with Crippen LogP contribution in [-0.4, -0.2) is 31.3 Å². The molecule has 0 aliphatic heterocycles. The second-order valence-corrected chi connectivity index (χ2v) is 3.46. The number of hydrogen-bond donors (Lipinski definition) is 2. The fourth-order valence-corrected chi connectivity index (χ4v) is 1.38. The molecule has 1 amide bonds. The van der Waals surface area contributed by atoms with Gasteiger partial charge in [-0.2, -0.15) is 0 Å². The van der Waals surface area contributed by atoms with Crippen molar-refractivity contribution in [2.75, 3.05) is 20.3 Å². The zero-order valence-electron chi connectivity index (χ0n) is 9.35. The van der Waals surface area contributed by atoms with Gasteiger partial charge in [0.2, 0.25) is 5.91 Å². The molecule has 1 rings (SSSR count). The first-order chi connectivity index (χ1) is 7.77. The van der Waals surface area contributed by atoms with E-state index in [2.05, 4.69) is 5.32 Å². The van der Waals surface area contributed by atoms with E-state index < -0.39 is 0 Å². The summed E-state index contributed by atoms with van der Waals surface area (Å²) in [7, 11) is 1.55. The summed E-state index contributed by atoms with van der Waals surface area (Å²) in [5.74, 6) is -0.121. The summed E-state index contributed by atoms with van der Waals surface area (Å²) in [4.78, 5) is 11.4. The summed E-state index contributed by atoms with van der Waals surface area (Å²) >= 11 is 0. The highest BCUT2D eigenvalue weighted by molar-refractivity contribution is 5.76. The van der Waals surface area contributed by atoms with Crippen molar-refractivity contribution < 1.29 is 14.6 Å². The third-order valence-electron chi connectivity index (χ3n) is 2.25. The minimum absolute atomic E-state index is 0.108. The number of nitrogens with one attached hydrogen (secondary N) is 1. The SMILES string of the molecule is COCCC(=O)N[C@H](CO)c1ccccc1. The van der Waals surface area contributed by atoms with E-state index in [4.69, 9.17) is 4.74 Å². The van der Waals surface area contributed by atoms with Crippen LogP contribution in [0.25, 0.3) is 0 Å². The molecule has 0 fully saturated rings. The van der Waals surface area contributed by atoms with Crippen molar-refractivity contribution >= 4 is 5.91 Å². The van der Waals surface area contributed by atoms with E-state index >= 15 is 0 Å². The topological polar surface area (TPSA) is 58.6 Å². The van der Waals surface area contributed by atoms with Crippen LogP contribution >= 0.6 is 0 Å². The maximum atomic E-state index is 11.4. The van der Waals surface area contributed by atoms with Crippen LogP contribution in [0, 0.1) is 0 Å². The Morgan fingerprint density at radius 2 is 2.12 bits per heavy atom. The Balaban J connectivity index is 2.52. The number of aliphatic hydroxyl groups excluding tert-OH is 1. The molecular weight excluding hydrogens is 206 g/mol. The van der Waals surface area contributed by atoms with Gasteiger partial charge in [0.25, 0.3) is 0 Å². The van der Waals surface area contributed by atoms with E-state index in [0.29, 0.717) is 13.0 Å². The molecule has 1 aromatic carbocycles. The molecule has 16 heavy (non-hydrogen) atoms. The minimum atomic E-state index is -0.342. The zero-order chi connectivity index (χ0) is 11.8. The number of carbonyl (C=O) groups is 1. The highest BCUT2D eigenvalue weighted by Crippen LogP contribution is 2.11. The van der Waals surface area contributed by atoms with Crippen LogP contribution in [0.5, 0.6) is 0 Å². The van der Waals surface area contributed by atoms with Crippen molar-refractivity contribution in [2.24, 2.45) is 0 Å². The molecule has 2 N–H and O–H groups in total. The number of amides is 1. The highest BCUT2D eigenvalue weighted by Gasteiger charge is 2.12. The fraction of sp³-hybridized carbons (Fsp3) is 0.417. The third kappa shape index (κ3) is 4.00. The Bertz CT molecular complexity index is 313. The predicted molar refractivity (Wildman–Crippen MR) is 60.9 cm³/mol. The fourth-order valence-electron chi connectivity index (χ4n) is 1.38. The van der Waals surface area contributed by atoms with E-state index in [1.807, 2.05) is 30.3 Å². The van der Waals surface area contributed by atoms with Crippen LogP contribution in [0.3, 0.4) is 0 Å². The molecule has 0 saturated carbocycles. The van der Waals surface area contributed by atoms with Crippen LogP contribution in [0.4, 0.5) is 0 Å². The van der Waals surface area contributed by atoms with Crippen molar-refractivity contribution in [3.8, 4) is 0 Å². The van der Waals surface area contributed by atoms with E-state index in [0.717, 1.165) is 5.56 Å². The van der Waals surface area contributed by atoms with Gasteiger partial charge < -0.3 is 15.2 Å². The lowest BCUT2D eigenvalue weighted by Crippen LogP contribution is -2.31. The third-order valence-corrected chi connectivity index (χ3v) is 2.25. The molecule has 0 unspecified atom stereocenters. The Hall–Kier alpha value is -1.39. The standard InChI is InChI=1S/C12H17NO3/c1-16-8-7-12(15)13-11(9-14)10-5-3-2-4-6-10/h2-6,11,14H,7-9H2,1H3,(H,13,15)/t11-/m1/s1. The summed E-state index contributed by atoms with van der Waals surface area (Å²) in [6.45, 7) is 0.279. The monoisotopic (exact) mass is 223 g/mol. The summed E-state index contributed by atoms with van der Waals surface area (Å²) in [6.07, 6.45) is 0.305. The van der Waals surface area contributed by atoms with Gasteiger partial charge in [-0.25, -0.2) is 0 Å². The number of ether oxygens (including phenoxy) is 1. The molecular formula is C12H17NO3. The van der Waals surface area contributed by atoms with Crippen molar-refractivity contribution in [1.82, 2.24) is 5.32 Å². The molecule has 0 radical (unpaired) electrons. The van der Waals surface area contributed by atoms with Gasteiger partial charge in [-0.05, 0) is 5.56 Å². The average molecular weight is 223 g/mol. The highest BCUT2D eigenvalue weighted by atomic mass is 16.5. The molecule has 1 aromatic rings. The molecule has 0 aromatic heterocycles. The number of benzene rings is 1. The van der Waals surface area contributed by atoms with Gasteiger partial charge in [-0.1, -0.05) is 30.3 Å². The first kappa shape index (κ1) is 12.7. The summed E-state index contributed by atoms with van der Waals surface area (Å²) in [5, 5.41) is 12.0. The zero-order valence-corrected chi connectivity index (χ0v) is 9.35. The lowest BCUT2D eigenvalue weighted by Gasteiger charge is -2.16. The smallest absolute Gasteiger partial charge is 0.222 e. The Morgan fingerprint density at radius 3 is 2.69 bits per heavy atom. The Morgan fingerprint density at radius 1 is 1.44 bits per heavy atom. The van der Waals surface area contributed by atoms with E-state index in [9.17, 15) is 9.90 Å².